The third kappa shape index (κ3) is 2.60. The van der Waals surface area contributed by atoms with Crippen molar-refractivity contribution in [2.24, 2.45) is 5.41 Å². The van der Waals surface area contributed by atoms with E-state index in [1.54, 1.807) is 0 Å². The van der Waals surface area contributed by atoms with Crippen LogP contribution in [0.15, 0.2) is 0 Å². The maximum Gasteiger partial charge on any atom is 0.311 e. The van der Waals surface area contributed by atoms with E-state index in [9.17, 15) is 9.59 Å². The average Bonchev–Trinajstić information content (AvgIpc) is 2.28. The van der Waals surface area contributed by atoms with Gasteiger partial charge in [-0.05, 0) is 32.2 Å². The zero-order valence-electron chi connectivity index (χ0n) is 10.00. The molecule has 2 rings (SSSR count). The highest BCUT2D eigenvalue weighted by molar-refractivity contribution is 5.83. The summed E-state index contributed by atoms with van der Waals surface area (Å²) in [5, 5.41) is 15.1. The molecule has 0 aromatic heterocycles. The molecule has 0 spiro atoms. The minimum Gasteiger partial charge on any atom is -0.481 e. The molecule has 0 aromatic carbocycles. The number of carboxylic acids is 1. The number of nitrogens with one attached hydrogen (secondary N) is 2. The lowest BCUT2D eigenvalue weighted by atomic mass is 9.69. The first-order chi connectivity index (χ1) is 8.14. The fourth-order valence-corrected chi connectivity index (χ4v) is 2.52. The van der Waals surface area contributed by atoms with Gasteiger partial charge in [-0.2, -0.15) is 0 Å². The van der Waals surface area contributed by atoms with Gasteiger partial charge in [0.2, 0.25) is 5.91 Å². The Morgan fingerprint density at radius 3 is 2.53 bits per heavy atom. The van der Waals surface area contributed by atoms with Gasteiger partial charge >= 0.3 is 5.97 Å². The van der Waals surface area contributed by atoms with Crippen molar-refractivity contribution >= 4 is 11.9 Å². The Hall–Kier alpha value is -1.10. The lowest BCUT2D eigenvalue weighted by molar-refractivity contribution is -0.154. The lowest BCUT2D eigenvalue weighted by Crippen LogP contribution is -2.52. The number of amides is 1. The molecule has 5 nitrogen and oxygen atoms in total. The Morgan fingerprint density at radius 2 is 2.06 bits per heavy atom. The van der Waals surface area contributed by atoms with Crippen LogP contribution in [0.1, 0.15) is 38.5 Å². The van der Waals surface area contributed by atoms with Crippen LogP contribution in [0.3, 0.4) is 0 Å². The number of rotatable bonds is 4. The van der Waals surface area contributed by atoms with Gasteiger partial charge in [0.05, 0.1) is 11.5 Å². The third-order valence-corrected chi connectivity index (χ3v) is 3.99. The molecule has 1 saturated carbocycles. The van der Waals surface area contributed by atoms with Crippen molar-refractivity contribution < 1.29 is 14.7 Å². The van der Waals surface area contributed by atoms with Crippen molar-refractivity contribution in [2.75, 3.05) is 13.1 Å². The minimum atomic E-state index is -0.777. The third-order valence-electron chi connectivity index (χ3n) is 3.99. The minimum absolute atomic E-state index is 0.0442. The van der Waals surface area contributed by atoms with Crippen LogP contribution in [0.2, 0.25) is 0 Å². The Kier molecular flexibility index (Phi) is 3.66. The maximum atomic E-state index is 11.8. The Bertz CT molecular complexity index is 307. The highest BCUT2D eigenvalue weighted by Crippen LogP contribution is 2.40. The maximum absolute atomic E-state index is 11.8. The van der Waals surface area contributed by atoms with Gasteiger partial charge in [0.25, 0.3) is 0 Å². The van der Waals surface area contributed by atoms with Crippen molar-refractivity contribution in [3.05, 3.63) is 0 Å². The van der Waals surface area contributed by atoms with E-state index in [-0.39, 0.29) is 18.5 Å². The molecule has 5 heteroatoms. The van der Waals surface area contributed by atoms with E-state index in [1.165, 1.54) is 0 Å². The molecule has 0 unspecified atom stereocenters. The summed E-state index contributed by atoms with van der Waals surface area (Å²) in [6.07, 6.45) is 5.34. The summed E-state index contributed by atoms with van der Waals surface area (Å²) < 4.78 is 0. The highest BCUT2D eigenvalue weighted by Gasteiger charge is 2.44. The monoisotopic (exact) mass is 240 g/mol. The predicted octanol–water partition coefficient (Wildman–Crippen LogP) is 0.500. The molecular weight excluding hydrogens is 220 g/mol. The lowest BCUT2D eigenvalue weighted by Gasteiger charge is -2.38. The van der Waals surface area contributed by atoms with E-state index in [0.29, 0.717) is 12.8 Å². The largest absolute Gasteiger partial charge is 0.481 e. The molecular formula is C12H20N2O3. The zero-order chi connectivity index (χ0) is 12.3. The van der Waals surface area contributed by atoms with Gasteiger partial charge in [0, 0.05) is 6.54 Å². The van der Waals surface area contributed by atoms with Gasteiger partial charge in [0.1, 0.15) is 0 Å². The van der Waals surface area contributed by atoms with Crippen molar-refractivity contribution in [1.29, 1.82) is 0 Å². The van der Waals surface area contributed by atoms with Crippen LogP contribution >= 0.6 is 0 Å². The smallest absolute Gasteiger partial charge is 0.311 e. The summed E-state index contributed by atoms with van der Waals surface area (Å²) in [5.74, 6) is -0.821. The predicted molar refractivity (Wildman–Crippen MR) is 62.6 cm³/mol. The van der Waals surface area contributed by atoms with Crippen LogP contribution in [0.4, 0.5) is 0 Å². The van der Waals surface area contributed by atoms with Gasteiger partial charge < -0.3 is 15.7 Å². The van der Waals surface area contributed by atoms with Crippen molar-refractivity contribution in [3.8, 4) is 0 Å². The average molecular weight is 240 g/mol. The summed E-state index contributed by atoms with van der Waals surface area (Å²) >= 11 is 0. The molecule has 96 valence electrons. The van der Waals surface area contributed by atoms with E-state index in [4.69, 9.17) is 5.11 Å². The van der Waals surface area contributed by atoms with E-state index in [1.807, 2.05) is 0 Å². The summed E-state index contributed by atoms with van der Waals surface area (Å²) in [5.41, 5.74) is -0.690. The molecule has 0 aromatic rings. The molecule has 0 radical (unpaired) electrons. The zero-order valence-corrected chi connectivity index (χ0v) is 10.00. The fourth-order valence-electron chi connectivity index (χ4n) is 2.52. The number of aliphatic carboxylic acids is 1. The molecule has 1 heterocycles. The molecule has 1 saturated heterocycles. The molecule has 2 aliphatic rings. The Balaban J connectivity index is 1.80. The van der Waals surface area contributed by atoms with Gasteiger partial charge in [-0.15, -0.1) is 0 Å². The number of hydrogen-bond donors (Lipinski definition) is 3. The van der Waals surface area contributed by atoms with Crippen LogP contribution in [-0.2, 0) is 9.59 Å². The van der Waals surface area contributed by atoms with Crippen LogP contribution in [-0.4, -0.2) is 36.1 Å². The molecule has 1 aliphatic carbocycles. The first kappa shape index (κ1) is 12.4. The van der Waals surface area contributed by atoms with Gasteiger partial charge in [0.15, 0.2) is 0 Å². The molecule has 0 bridgehead atoms. The summed E-state index contributed by atoms with van der Waals surface area (Å²) in [6, 6.07) is -0.130. The van der Waals surface area contributed by atoms with Gasteiger partial charge in [-0.1, -0.05) is 12.8 Å². The number of piperidine rings is 1. The molecule has 17 heavy (non-hydrogen) atoms. The van der Waals surface area contributed by atoms with E-state index in [0.717, 1.165) is 32.2 Å². The van der Waals surface area contributed by atoms with Crippen LogP contribution < -0.4 is 10.6 Å². The first-order valence-corrected chi connectivity index (χ1v) is 6.39. The summed E-state index contributed by atoms with van der Waals surface area (Å²) in [7, 11) is 0. The van der Waals surface area contributed by atoms with Crippen molar-refractivity contribution in [1.82, 2.24) is 10.6 Å². The summed E-state index contributed by atoms with van der Waals surface area (Å²) in [6.45, 7) is 1.15. The van der Waals surface area contributed by atoms with Gasteiger partial charge in [-0.25, -0.2) is 0 Å². The van der Waals surface area contributed by atoms with Crippen LogP contribution in [0.5, 0.6) is 0 Å². The molecule has 1 amide bonds. The topological polar surface area (TPSA) is 78.4 Å². The van der Waals surface area contributed by atoms with Gasteiger partial charge in [-0.3, -0.25) is 9.59 Å². The normalized spacial score (nSPS) is 26.9. The van der Waals surface area contributed by atoms with Crippen molar-refractivity contribution in [2.45, 2.75) is 44.6 Å². The second-order valence-electron chi connectivity index (χ2n) is 5.16. The molecule has 2 fully saturated rings. The standard InChI is InChI=1S/C12H20N2O3/c15-10(9-4-1-2-7-13-9)14-8-12(11(16)17)5-3-6-12/h9,13H,1-8H2,(H,14,15)(H,16,17)/t9-/m0/s1. The van der Waals surface area contributed by atoms with Crippen LogP contribution in [0.25, 0.3) is 0 Å². The molecule has 1 atom stereocenters. The second-order valence-corrected chi connectivity index (χ2v) is 5.16. The quantitative estimate of drug-likeness (QED) is 0.668. The molecule has 1 aliphatic heterocycles. The van der Waals surface area contributed by atoms with E-state index in [2.05, 4.69) is 10.6 Å². The highest BCUT2D eigenvalue weighted by atomic mass is 16.4. The second kappa shape index (κ2) is 5.04. The first-order valence-electron chi connectivity index (χ1n) is 6.39. The number of carbonyl (C=O) groups excluding carboxylic acids is 1. The van der Waals surface area contributed by atoms with E-state index >= 15 is 0 Å². The fraction of sp³-hybridized carbons (Fsp3) is 0.833. The Morgan fingerprint density at radius 1 is 1.29 bits per heavy atom. The SMILES string of the molecule is O=C(NCC1(C(=O)O)CCC1)[C@@H]1CCCCN1. The van der Waals surface area contributed by atoms with E-state index < -0.39 is 11.4 Å². The molecule has 3 N–H and O–H groups in total. The number of carboxylic acid groups (broad SMARTS) is 1. The van der Waals surface area contributed by atoms with Crippen molar-refractivity contribution in [3.63, 3.8) is 0 Å². The number of carbonyl (C=O) groups is 2. The summed E-state index contributed by atoms with van der Waals surface area (Å²) in [4.78, 5) is 23.0. The Labute approximate surface area is 101 Å². The van der Waals surface area contributed by atoms with Crippen LogP contribution in [0, 0.1) is 5.41 Å². The number of hydrogen-bond acceptors (Lipinski definition) is 3.